The van der Waals surface area contributed by atoms with Gasteiger partial charge in [-0.3, -0.25) is 4.79 Å². The number of nitrogens with zero attached hydrogens (tertiary/aromatic N) is 1. The highest BCUT2D eigenvalue weighted by Gasteiger charge is 2.15. The van der Waals surface area contributed by atoms with Crippen LogP contribution in [0.25, 0.3) is 11.0 Å². The SMILES string of the molecule is CCC(CCc1nc2ccccc2[nH]1)C(=O)O. The van der Waals surface area contributed by atoms with Crippen molar-refractivity contribution in [2.75, 3.05) is 0 Å². The van der Waals surface area contributed by atoms with Crippen molar-refractivity contribution in [1.82, 2.24) is 9.97 Å². The lowest BCUT2D eigenvalue weighted by Crippen LogP contribution is -2.13. The molecule has 17 heavy (non-hydrogen) atoms. The van der Waals surface area contributed by atoms with Crippen LogP contribution in [0.1, 0.15) is 25.6 Å². The van der Waals surface area contributed by atoms with Crippen molar-refractivity contribution in [2.24, 2.45) is 5.92 Å². The summed E-state index contributed by atoms with van der Waals surface area (Å²) in [6.07, 6.45) is 1.97. The summed E-state index contributed by atoms with van der Waals surface area (Å²) < 4.78 is 0. The van der Waals surface area contributed by atoms with Gasteiger partial charge < -0.3 is 10.1 Å². The molecule has 0 bridgehead atoms. The number of aromatic amines is 1. The molecule has 4 heteroatoms. The van der Waals surface area contributed by atoms with E-state index in [9.17, 15) is 4.79 Å². The van der Waals surface area contributed by atoms with E-state index in [0.717, 1.165) is 16.9 Å². The Morgan fingerprint density at radius 3 is 2.88 bits per heavy atom. The van der Waals surface area contributed by atoms with Gasteiger partial charge >= 0.3 is 5.97 Å². The zero-order valence-electron chi connectivity index (χ0n) is 9.81. The first-order valence-corrected chi connectivity index (χ1v) is 5.87. The second-order valence-corrected chi connectivity index (χ2v) is 4.18. The van der Waals surface area contributed by atoms with Gasteiger partial charge in [0.2, 0.25) is 0 Å². The molecule has 0 saturated heterocycles. The van der Waals surface area contributed by atoms with Crippen LogP contribution in [0.15, 0.2) is 24.3 Å². The minimum absolute atomic E-state index is 0.275. The molecule has 0 spiro atoms. The quantitative estimate of drug-likeness (QED) is 0.832. The lowest BCUT2D eigenvalue weighted by molar-refractivity contribution is -0.142. The fraction of sp³-hybridized carbons (Fsp3) is 0.385. The average Bonchev–Trinajstić information content (AvgIpc) is 2.71. The summed E-state index contributed by atoms with van der Waals surface area (Å²) in [5.74, 6) is -0.127. The van der Waals surface area contributed by atoms with E-state index in [4.69, 9.17) is 5.11 Å². The third-order valence-electron chi connectivity index (χ3n) is 3.01. The number of H-pyrrole nitrogens is 1. The Hall–Kier alpha value is -1.84. The number of para-hydroxylation sites is 2. The molecule has 0 aliphatic carbocycles. The maximum absolute atomic E-state index is 10.9. The number of carboxylic acid groups (broad SMARTS) is 1. The number of carbonyl (C=O) groups is 1. The van der Waals surface area contributed by atoms with Crippen LogP contribution in [0.3, 0.4) is 0 Å². The first kappa shape index (κ1) is 11.6. The molecule has 1 heterocycles. The number of fused-ring (bicyclic) bond motifs is 1. The molecule has 0 saturated carbocycles. The number of aryl methyl sites for hydroxylation is 1. The molecule has 0 amide bonds. The number of hydrogen-bond donors (Lipinski definition) is 2. The van der Waals surface area contributed by atoms with E-state index < -0.39 is 5.97 Å². The largest absolute Gasteiger partial charge is 0.481 e. The fourth-order valence-electron chi connectivity index (χ4n) is 1.94. The Kier molecular flexibility index (Phi) is 3.42. The predicted octanol–water partition coefficient (Wildman–Crippen LogP) is 2.61. The first-order chi connectivity index (χ1) is 8.20. The number of nitrogens with one attached hydrogen (secondary N) is 1. The number of benzene rings is 1. The number of imidazole rings is 1. The summed E-state index contributed by atoms with van der Waals surface area (Å²) in [5, 5.41) is 8.96. The lowest BCUT2D eigenvalue weighted by atomic mass is 10.0. The van der Waals surface area contributed by atoms with Crippen LogP contribution >= 0.6 is 0 Å². The molecule has 4 nitrogen and oxygen atoms in total. The highest BCUT2D eigenvalue weighted by atomic mass is 16.4. The molecule has 0 radical (unpaired) electrons. The van der Waals surface area contributed by atoms with Crippen molar-refractivity contribution in [2.45, 2.75) is 26.2 Å². The van der Waals surface area contributed by atoms with Crippen molar-refractivity contribution in [3.8, 4) is 0 Å². The van der Waals surface area contributed by atoms with E-state index in [1.165, 1.54) is 0 Å². The maximum Gasteiger partial charge on any atom is 0.306 e. The van der Waals surface area contributed by atoms with E-state index in [2.05, 4.69) is 9.97 Å². The van der Waals surface area contributed by atoms with E-state index in [1.807, 2.05) is 31.2 Å². The molecule has 1 aromatic heterocycles. The third-order valence-corrected chi connectivity index (χ3v) is 3.01. The van der Waals surface area contributed by atoms with Crippen molar-refractivity contribution >= 4 is 17.0 Å². The lowest BCUT2D eigenvalue weighted by Gasteiger charge is -2.07. The topological polar surface area (TPSA) is 66.0 Å². The molecule has 2 rings (SSSR count). The van der Waals surface area contributed by atoms with Gasteiger partial charge in [0.05, 0.1) is 17.0 Å². The standard InChI is InChI=1S/C13H16N2O2/c1-2-9(13(16)17)7-8-12-14-10-5-3-4-6-11(10)15-12/h3-6,9H,2,7-8H2,1H3,(H,14,15)(H,16,17). The molecule has 2 aromatic rings. The highest BCUT2D eigenvalue weighted by Crippen LogP contribution is 2.15. The molecule has 1 atom stereocenters. The summed E-state index contributed by atoms with van der Waals surface area (Å²) in [6, 6.07) is 7.82. The van der Waals surface area contributed by atoms with Crippen LogP contribution < -0.4 is 0 Å². The number of aliphatic carboxylic acids is 1. The van der Waals surface area contributed by atoms with Crippen LogP contribution in [-0.2, 0) is 11.2 Å². The molecule has 0 aliphatic rings. The van der Waals surface area contributed by atoms with Crippen molar-refractivity contribution in [1.29, 1.82) is 0 Å². The summed E-state index contributed by atoms with van der Waals surface area (Å²) in [5.41, 5.74) is 1.94. The zero-order valence-corrected chi connectivity index (χ0v) is 9.81. The monoisotopic (exact) mass is 232 g/mol. The number of aromatic nitrogens is 2. The maximum atomic E-state index is 10.9. The second-order valence-electron chi connectivity index (χ2n) is 4.18. The van der Waals surface area contributed by atoms with Crippen molar-refractivity contribution < 1.29 is 9.90 Å². The Morgan fingerprint density at radius 2 is 2.24 bits per heavy atom. The van der Waals surface area contributed by atoms with Gasteiger partial charge in [-0.1, -0.05) is 19.1 Å². The van der Waals surface area contributed by atoms with Gasteiger partial charge in [0.15, 0.2) is 0 Å². The van der Waals surface area contributed by atoms with Crippen LogP contribution in [0, 0.1) is 5.92 Å². The Labute approximate surface area is 99.7 Å². The number of rotatable bonds is 5. The van der Waals surface area contributed by atoms with E-state index in [-0.39, 0.29) is 5.92 Å². The van der Waals surface area contributed by atoms with Gasteiger partial charge in [0.1, 0.15) is 5.82 Å². The van der Waals surface area contributed by atoms with Gasteiger partial charge in [0, 0.05) is 6.42 Å². The van der Waals surface area contributed by atoms with Gasteiger partial charge in [-0.15, -0.1) is 0 Å². The summed E-state index contributed by atoms with van der Waals surface area (Å²) in [4.78, 5) is 18.5. The molecule has 0 fully saturated rings. The van der Waals surface area contributed by atoms with Gasteiger partial charge in [-0.2, -0.15) is 0 Å². The molecule has 1 unspecified atom stereocenters. The smallest absolute Gasteiger partial charge is 0.306 e. The van der Waals surface area contributed by atoms with Crippen LogP contribution in [0.2, 0.25) is 0 Å². The first-order valence-electron chi connectivity index (χ1n) is 5.87. The minimum atomic E-state index is -0.719. The molecule has 90 valence electrons. The Bertz CT molecular complexity index is 486. The fourth-order valence-corrected chi connectivity index (χ4v) is 1.94. The van der Waals surface area contributed by atoms with Gasteiger partial charge in [0.25, 0.3) is 0 Å². The Morgan fingerprint density at radius 1 is 1.47 bits per heavy atom. The van der Waals surface area contributed by atoms with E-state index in [1.54, 1.807) is 0 Å². The molecular formula is C13H16N2O2. The Balaban J connectivity index is 2.06. The summed E-state index contributed by atoms with van der Waals surface area (Å²) >= 11 is 0. The van der Waals surface area contributed by atoms with Crippen molar-refractivity contribution in [3.63, 3.8) is 0 Å². The summed E-state index contributed by atoms with van der Waals surface area (Å²) in [7, 11) is 0. The third kappa shape index (κ3) is 2.64. The molecule has 0 aliphatic heterocycles. The number of hydrogen-bond acceptors (Lipinski definition) is 2. The van der Waals surface area contributed by atoms with Crippen molar-refractivity contribution in [3.05, 3.63) is 30.1 Å². The molecule has 1 aromatic carbocycles. The van der Waals surface area contributed by atoms with E-state index >= 15 is 0 Å². The minimum Gasteiger partial charge on any atom is -0.481 e. The number of carboxylic acids is 1. The van der Waals surface area contributed by atoms with Crippen LogP contribution in [0.4, 0.5) is 0 Å². The molecule has 2 N–H and O–H groups in total. The van der Waals surface area contributed by atoms with Crippen LogP contribution in [0.5, 0.6) is 0 Å². The normalized spacial score (nSPS) is 12.8. The molecular weight excluding hydrogens is 216 g/mol. The van der Waals surface area contributed by atoms with Gasteiger partial charge in [-0.25, -0.2) is 4.98 Å². The van der Waals surface area contributed by atoms with Gasteiger partial charge in [-0.05, 0) is 25.0 Å². The summed E-state index contributed by atoms with van der Waals surface area (Å²) in [6.45, 7) is 1.90. The highest BCUT2D eigenvalue weighted by molar-refractivity contribution is 5.74. The zero-order chi connectivity index (χ0) is 12.3. The predicted molar refractivity (Wildman–Crippen MR) is 65.8 cm³/mol. The van der Waals surface area contributed by atoms with E-state index in [0.29, 0.717) is 19.3 Å². The second kappa shape index (κ2) is 4.99. The van der Waals surface area contributed by atoms with Crippen LogP contribution in [-0.4, -0.2) is 21.0 Å². The average molecular weight is 232 g/mol.